The molecule has 24 heavy (non-hydrogen) atoms. The molecule has 6 heteroatoms. The van der Waals surface area contributed by atoms with Crippen LogP contribution >= 0.6 is 11.3 Å². The number of anilines is 1. The molecular formula is C18H15N3O2S. The van der Waals surface area contributed by atoms with Crippen LogP contribution in [0.1, 0.15) is 20.4 Å². The highest BCUT2D eigenvalue weighted by atomic mass is 32.1. The fraction of sp³-hybridized carbons (Fsp3) is 0.167. The van der Waals surface area contributed by atoms with Crippen molar-refractivity contribution in [1.29, 1.82) is 0 Å². The number of rotatable bonds is 4. The van der Waals surface area contributed by atoms with Crippen LogP contribution in [-0.2, 0) is 13.0 Å². The maximum Gasteiger partial charge on any atom is 0.270 e. The van der Waals surface area contributed by atoms with E-state index >= 15 is 0 Å². The molecule has 0 spiro atoms. The maximum absolute atomic E-state index is 12.7. The number of carbonyl (C=O) groups excluding carboxylic acids is 1. The van der Waals surface area contributed by atoms with E-state index in [1.54, 1.807) is 17.3 Å². The van der Waals surface area contributed by atoms with Crippen LogP contribution in [0.3, 0.4) is 0 Å². The predicted octanol–water partition coefficient (Wildman–Crippen LogP) is 3.32. The third kappa shape index (κ3) is 2.88. The lowest BCUT2D eigenvalue weighted by Gasteiger charge is -2.25. The van der Waals surface area contributed by atoms with Crippen molar-refractivity contribution in [2.24, 2.45) is 0 Å². The van der Waals surface area contributed by atoms with Gasteiger partial charge in [-0.15, -0.1) is 11.3 Å². The van der Waals surface area contributed by atoms with Crippen molar-refractivity contribution in [3.63, 3.8) is 0 Å². The summed E-state index contributed by atoms with van der Waals surface area (Å²) in [6.45, 7) is 1.02. The summed E-state index contributed by atoms with van der Waals surface area (Å²) in [6, 6.07) is 13.3. The number of thiazole rings is 1. The van der Waals surface area contributed by atoms with Gasteiger partial charge in [-0.1, -0.05) is 18.2 Å². The summed E-state index contributed by atoms with van der Waals surface area (Å²) in [5.41, 5.74) is 1.75. The van der Waals surface area contributed by atoms with Gasteiger partial charge in [-0.3, -0.25) is 9.78 Å². The molecule has 0 saturated carbocycles. The van der Waals surface area contributed by atoms with Gasteiger partial charge in [0.2, 0.25) is 0 Å². The summed E-state index contributed by atoms with van der Waals surface area (Å²) < 4.78 is 5.73. The van der Waals surface area contributed by atoms with Crippen LogP contribution in [0.4, 0.5) is 5.69 Å². The number of nitrogens with zero attached hydrogens (tertiary/aromatic N) is 3. The first kappa shape index (κ1) is 14.8. The van der Waals surface area contributed by atoms with Gasteiger partial charge in [0.25, 0.3) is 5.91 Å². The van der Waals surface area contributed by atoms with Gasteiger partial charge in [0, 0.05) is 31.0 Å². The molecular weight excluding hydrogens is 322 g/mol. The zero-order valence-electron chi connectivity index (χ0n) is 12.9. The Labute approximate surface area is 143 Å². The molecule has 0 atom stereocenters. The lowest BCUT2D eigenvalue weighted by atomic mass is 10.1. The molecule has 0 N–H and O–H groups in total. The number of para-hydroxylation sites is 1. The molecule has 5 nitrogen and oxygen atoms in total. The molecule has 0 radical (unpaired) electrons. The smallest absolute Gasteiger partial charge is 0.270 e. The molecule has 0 fully saturated rings. The molecule has 0 unspecified atom stereocenters. The fourth-order valence-corrected chi connectivity index (χ4v) is 3.65. The van der Waals surface area contributed by atoms with E-state index in [0.717, 1.165) is 28.6 Å². The molecule has 1 amide bonds. The van der Waals surface area contributed by atoms with Crippen molar-refractivity contribution in [3.05, 3.63) is 70.4 Å². The molecule has 0 bridgehead atoms. The highest BCUT2D eigenvalue weighted by molar-refractivity contribution is 7.14. The predicted molar refractivity (Wildman–Crippen MR) is 92.5 cm³/mol. The van der Waals surface area contributed by atoms with E-state index in [2.05, 4.69) is 9.97 Å². The van der Waals surface area contributed by atoms with Crippen LogP contribution in [0.25, 0.3) is 0 Å². The Morgan fingerprint density at radius 2 is 1.92 bits per heavy atom. The van der Waals surface area contributed by atoms with Crippen molar-refractivity contribution < 1.29 is 9.53 Å². The van der Waals surface area contributed by atoms with Crippen molar-refractivity contribution in [2.45, 2.75) is 13.0 Å². The third-order valence-electron chi connectivity index (χ3n) is 3.83. The molecule has 1 aromatic carbocycles. The largest absolute Gasteiger partial charge is 0.486 e. The van der Waals surface area contributed by atoms with Gasteiger partial charge in [0.15, 0.2) is 0 Å². The molecule has 1 aliphatic rings. The minimum atomic E-state index is 0.00547. The van der Waals surface area contributed by atoms with Crippen LogP contribution < -0.4 is 9.64 Å². The number of aromatic nitrogens is 2. The van der Waals surface area contributed by atoms with Crippen LogP contribution in [0, 0.1) is 0 Å². The van der Waals surface area contributed by atoms with Gasteiger partial charge >= 0.3 is 0 Å². The number of fused-ring (bicyclic) bond motifs is 1. The van der Waals surface area contributed by atoms with Gasteiger partial charge in [0.05, 0.1) is 5.69 Å². The molecule has 0 saturated heterocycles. The van der Waals surface area contributed by atoms with Gasteiger partial charge in [-0.25, -0.2) is 4.98 Å². The average Bonchev–Trinajstić information content (AvgIpc) is 3.06. The van der Waals surface area contributed by atoms with E-state index in [0.29, 0.717) is 18.0 Å². The zero-order valence-corrected chi connectivity index (χ0v) is 13.7. The molecule has 0 aliphatic carbocycles. The Morgan fingerprint density at radius 1 is 1.12 bits per heavy atom. The first-order chi connectivity index (χ1) is 11.8. The highest BCUT2D eigenvalue weighted by Gasteiger charge is 2.29. The first-order valence-electron chi connectivity index (χ1n) is 7.69. The van der Waals surface area contributed by atoms with Crippen LogP contribution in [0.15, 0.2) is 54.9 Å². The third-order valence-corrected chi connectivity index (χ3v) is 4.89. The topological polar surface area (TPSA) is 55.3 Å². The summed E-state index contributed by atoms with van der Waals surface area (Å²) in [7, 11) is 0. The van der Waals surface area contributed by atoms with Crippen LogP contribution in [-0.4, -0.2) is 22.4 Å². The SMILES string of the molecule is O=C1c2sc(COc3ccccc3)nc2CCN1c1ccncc1. The molecule has 1 aliphatic heterocycles. The number of amides is 1. The van der Waals surface area contributed by atoms with Gasteiger partial charge in [-0.05, 0) is 24.3 Å². The second-order valence-corrected chi connectivity index (χ2v) is 6.48. The maximum atomic E-state index is 12.7. The van der Waals surface area contributed by atoms with Crippen molar-refractivity contribution in [1.82, 2.24) is 9.97 Å². The van der Waals surface area contributed by atoms with E-state index in [1.165, 1.54) is 11.3 Å². The van der Waals surface area contributed by atoms with Crippen molar-refractivity contribution in [3.8, 4) is 5.75 Å². The molecule has 120 valence electrons. The molecule has 4 rings (SSSR count). The molecule has 3 aromatic rings. The van der Waals surface area contributed by atoms with E-state index in [9.17, 15) is 4.79 Å². The first-order valence-corrected chi connectivity index (χ1v) is 8.51. The summed E-state index contributed by atoms with van der Waals surface area (Å²) in [6.07, 6.45) is 4.15. The second-order valence-electron chi connectivity index (χ2n) is 5.40. The highest BCUT2D eigenvalue weighted by Crippen LogP contribution is 2.28. The second kappa shape index (κ2) is 6.41. The summed E-state index contributed by atoms with van der Waals surface area (Å²) in [4.78, 5) is 23.8. The average molecular weight is 337 g/mol. The van der Waals surface area contributed by atoms with Gasteiger partial charge in [-0.2, -0.15) is 0 Å². The molecule has 2 aromatic heterocycles. The summed E-state index contributed by atoms with van der Waals surface area (Å²) in [5, 5.41) is 0.828. The van der Waals surface area contributed by atoms with E-state index in [1.807, 2.05) is 42.5 Å². The van der Waals surface area contributed by atoms with Gasteiger partial charge < -0.3 is 9.64 Å². The lowest BCUT2D eigenvalue weighted by Crippen LogP contribution is -2.36. The Hall–Kier alpha value is -2.73. The number of pyridine rings is 1. The Morgan fingerprint density at radius 3 is 2.71 bits per heavy atom. The van der Waals surface area contributed by atoms with E-state index < -0.39 is 0 Å². The number of benzene rings is 1. The van der Waals surface area contributed by atoms with E-state index in [-0.39, 0.29) is 5.91 Å². The normalized spacial score (nSPS) is 13.7. The Balaban J connectivity index is 1.52. The van der Waals surface area contributed by atoms with Crippen LogP contribution in [0.2, 0.25) is 0 Å². The summed E-state index contributed by atoms with van der Waals surface area (Å²) in [5.74, 6) is 0.807. The Kier molecular flexibility index (Phi) is 3.96. The van der Waals surface area contributed by atoms with Crippen molar-refractivity contribution in [2.75, 3.05) is 11.4 Å². The van der Waals surface area contributed by atoms with Crippen molar-refractivity contribution >= 4 is 22.9 Å². The van der Waals surface area contributed by atoms with Gasteiger partial charge in [0.1, 0.15) is 22.2 Å². The number of ether oxygens (including phenoxy) is 1. The quantitative estimate of drug-likeness (QED) is 0.733. The summed E-state index contributed by atoms with van der Waals surface area (Å²) >= 11 is 1.42. The number of hydrogen-bond donors (Lipinski definition) is 0. The number of hydrogen-bond acceptors (Lipinski definition) is 5. The van der Waals surface area contributed by atoms with Crippen LogP contribution in [0.5, 0.6) is 5.75 Å². The lowest BCUT2D eigenvalue weighted by molar-refractivity contribution is 0.0984. The zero-order chi connectivity index (χ0) is 16.4. The fourth-order valence-electron chi connectivity index (χ4n) is 2.67. The van der Waals surface area contributed by atoms with E-state index in [4.69, 9.17) is 4.74 Å². The minimum absolute atomic E-state index is 0.00547. The molecule has 3 heterocycles. The number of carbonyl (C=O) groups is 1. The standard InChI is InChI=1S/C18H15N3O2S/c22-18-17-15(8-11-21(18)13-6-9-19-10-7-13)20-16(24-17)12-23-14-4-2-1-3-5-14/h1-7,9-10H,8,11-12H2. The Bertz CT molecular complexity index is 849. The minimum Gasteiger partial charge on any atom is -0.486 e. The monoisotopic (exact) mass is 337 g/mol.